The van der Waals surface area contributed by atoms with Crippen LogP contribution in [0.3, 0.4) is 0 Å². The summed E-state index contributed by atoms with van der Waals surface area (Å²) in [5.74, 6) is 0.888. The van der Waals surface area contributed by atoms with Gasteiger partial charge in [-0.3, -0.25) is 9.59 Å². The Morgan fingerprint density at radius 2 is 1.68 bits per heavy atom. The lowest BCUT2D eigenvalue weighted by Gasteiger charge is -2.32. The summed E-state index contributed by atoms with van der Waals surface area (Å²) in [5.41, 5.74) is 0.645. The average Bonchev–Trinajstić information content (AvgIpc) is 2.64. The summed E-state index contributed by atoms with van der Waals surface area (Å²) >= 11 is 0. The van der Waals surface area contributed by atoms with Crippen LogP contribution in [0.25, 0.3) is 0 Å². The molecule has 0 spiro atoms. The molecule has 0 aliphatic carbocycles. The van der Waals surface area contributed by atoms with Gasteiger partial charge in [-0.25, -0.2) is 0 Å². The van der Waals surface area contributed by atoms with Gasteiger partial charge in [-0.2, -0.15) is 0 Å². The number of likely N-dealkylation sites (N-methyl/N-ethyl adjacent to an activating group) is 1. The largest absolute Gasteiger partial charge is 0.494 e. The predicted molar refractivity (Wildman–Crippen MR) is 99.1 cm³/mol. The molecule has 1 amide bonds. The molecular weight excluding hydrogens is 316 g/mol. The molecular formula is C20H30N2O3. The van der Waals surface area contributed by atoms with Gasteiger partial charge in [0.05, 0.1) is 6.61 Å². The first kappa shape index (κ1) is 19.4. The van der Waals surface area contributed by atoms with Gasteiger partial charge in [0.15, 0.2) is 5.78 Å². The van der Waals surface area contributed by atoms with Crippen molar-refractivity contribution >= 4 is 11.7 Å². The molecule has 1 aliphatic heterocycles. The number of amides is 1. The number of hydrogen-bond donors (Lipinski definition) is 0. The van der Waals surface area contributed by atoms with Gasteiger partial charge in [0.2, 0.25) is 5.91 Å². The molecule has 0 saturated carbocycles. The van der Waals surface area contributed by atoms with E-state index in [9.17, 15) is 9.59 Å². The molecule has 1 aromatic rings. The molecule has 1 heterocycles. The van der Waals surface area contributed by atoms with Crippen LogP contribution in [-0.2, 0) is 4.79 Å². The Balaban J connectivity index is 1.74. The molecule has 1 saturated heterocycles. The van der Waals surface area contributed by atoms with Crippen LogP contribution >= 0.6 is 0 Å². The molecule has 0 bridgehead atoms. The highest BCUT2D eigenvalue weighted by atomic mass is 16.5. The van der Waals surface area contributed by atoms with Crippen molar-refractivity contribution in [3.05, 3.63) is 29.8 Å². The van der Waals surface area contributed by atoms with E-state index >= 15 is 0 Å². The second-order valence-electron chi connectivity index (χ2n) is 6.69. The minimum atomic E-state index is 0.0139. The van der Waals surface area contributed by atoms with Crippen LogP contribution in [0.5, 0.6) is 5.75 Å². The molecule has 138 valence electrons. The smallest absolute Gasteiger partial charge is 0.223 e. The number of rotatable bonds is 9. The molecule has 5 nitrogen and oxygen atoms in total. The van der Waals surface area contributed by atoms with Crippen molar-refractivity contribution in [2.24, 2.45) is 0 Å². The second kappa shape index (κ2) is 10.2. The van der Waals surface area contributed by atoms with Crippen molar-refractivity contribution in [1.29, 1.82) is 0 Å². The predicted octanol–water partition coefficient (Wildman–Crippen LogP) is 2.99. The third-order valence-corrected chi connectivity index (χ3v) is 4.61. The van der Waals surface area contributed by atoms with Crippen molar-refractivity contribution in [1.82, 2.24) is 9.80 Å². The zero-order valence-electron chi connectivity index (χ0n) is 15.5. The van der Waals surface area contributed by atoms with Gasteiger partial charge in [-0.05, 0) is 37.7 Å². The maximum Gasteiger partial charge on any atom is 0.223 e. The van der Waals surface area contributed by atoms with Crippen LogP contribution in [0.2, 0.25) is 0 Å². The highest BCUT2D eigenvalue weighted by Crippen LogP contribution is 2.15. The summed E-state index contributed by atoms with van der Waals surface area (Å²) in [7, 11) is 2.06. The fourth-order valence-corrected chi connectivity index (χ4v) is 2.86. The molecule has 0 radical (unpaired) electrons. The zero-order valence-corrected chi connectivity index (χ0v) is 15.5. The van der Waals surface area contributed by atoms with Gasteiger partial charge < -0.3 is 14.5 Å². The Labute approximate surface area is 150 Å². The Kier molecular flexibility index (Phi) is 7.92. The molecule has 0 atom stereocenters. The third-order valence-electron chi connectivity index (χ3n) is 4.61. The van der Waals surface area contributed by atoms with Crippen molar-refractivity contribution < 1.29 is 14.3 Å². The fourth-order valence-electron chi connectivity index (χ4n) is 2.86. The summed E-state index contributed by atoms with van der Waals surface area (Å²) < 4.78 is 5.65. The maximum absolute atomic E-state index is 12.3. The topological polar surface area (TPSA) is 49.9 Å². The number of Topliss-reactive ketones (excluding diaryl/α,β-unsaturated/α-hetero) is 1. The Morgan fingerprint density at radius 3 is 2.32 bits per heavy atom. The summed E-state index contributed by atoms with van der Waals surface area (Å²) in [5, 5.41) is 0. The first-order valence-corrected chi connectivity index (χ1v) is 9.32. The van der Waals surface area contributed by atoms with Crippen LogP contribution in [-0.4, -0.2) is 61.3 Å². The first-order chi connectivity index (χ1) is 12.1. The quantitative estimate of drug-likeness (QED) is 0.509. The molecule has 0 N–H and O–H groups in total. The van der Waals surface area contributed by atoms with Crippen LogP contribution < -0.4 is 4.74 Å². The lowest BCUT2D eigenvalue weighted by molar-refractivity contribution is -0.132. The maximum atomic E-state index is 12.3. The number of ketones is 1. The Hall–Kier alpha value is -1.88. The van der Waals surface area contributed by atoms with Crippen molar-refractivity contribution in [3.63, 3.8) is 0 Å². The van der Waals surface area contributed by atoms with Gasteiger partial charge in [-0.1, -0.05) is 19.8 Å². The lowest BCUT2D eigenvalue weighted by atomic mass is 10.1. The fraction of sp³-hybridized carbons (Fsp3) is 0.600. The van der Waals surface area contributed by atoms with Gasteiger partial charge >= 0.3 is 0 Å². The van der Waals surface area contributed by atoms with E-state index < -0.39 is 0 Å². The molecule has 1 aliphatic rings. The molecule has 0 unspecified atom stereocenters. The molecule has 5 heteroatoms. The number of carbonyl (C=O) groups is 2. The average molecular weight is 346 g/mol. The number of carbonyl (C=O) groups excluding carboxylic acids is 2. The van der Waals surface area contributed by atoms with E-state index in [0.29, 0.717) is 12.2 Å². The summed E-state index contributed by atoms with van der Waals surface area (Å²) in [6, 6.07) is 7.25. The van der Waals surface area contributed by atoms with Crippen molar-refractivity contribution in [2.45, 2.75) is 39.0 Å². The number of piperazine rings is 1. The summed E-state index contributed by atoms with van der Waals surface area (Å²) in [6.45, 7) is 6.19. The van der Waals surface area contributed by atoms with E-state index in [1.807, 2.05) is 17.0 Å². The number of ether oxygens (including phenoxy) is 1. The third kappa shape index (κ3) is 6.50. The van der Waals surface area contributed by atoms with Crippen LogP contribution in [0.1, 0.15) is 49.4 Å². The minimum Gasteiger partial charge on any atom is -0.494 e. The first-order valence-electron chi connectivity index (χ1n) is 9.32. The zero-order chi connectivity index (χ0) is 18.1. The molecule has 25 heavy (non-hydrogen) atoms. The number of benzene rings is 1. The van der Waals surface area contributed by atoms with E-state index in [1.165, 1.54) is 6.42 Å². The molecule has 1 fully saturated rings. The van der Waals surface area contributed by atoms with Crippen molar-refractivity contribution in [2.75, 3.05) is 39.8 Å². The van der Waals surface area contributed by atoms with E-state index in [4.69, 9.17) is 4.74 Å². The van der Waals surface area contributed by atoms with Crippen LogP contribution in [0.4, 0.5) is 0 Å². The summed E-state index contributed by atoms with van der Waals surface area (Å²) in [6.07, 6.45) is 3.94. The standard InChI is InChI=1S/C20H30N2O3/c1-3-4-5-16-25-18-8-6-17(7-9-18)19(23)10-11-20(24)22-14-12-21(2)13-15-22/h6-9H,3-5,10-16H2,1-2H3. The Bertz CT molecular complexity index is 549. The number of hydrogen-bond acceptors (Lipinski definition) is 4. The molecule has 2 rings (SSSR count). The highest BCUT2D eigenvalue weighted by Gasteiger charge is 2.19. The summed E-state index contributed by atoms with van der Waals surface area (Å²) in [4.78, 5) is 28.5. The van der Waals surface area contributed by atoms with Gasteiger partial charge in [0, 0.05) is 44.6 Å². The van der Waals surface area contributed by atoms with E-state index in [1.54, 1.807) is 12.1 Å². The second-order valence-corrected chi connectivity index (χ2v) is 6.69. The molecule has 1 aromatic carbocycles. The number of nitrogens with zero attached hydrogens (tertiary/aromatic N) is 2. The van der Waals surface area contributed by atoms with E-state index in [0.717, 1.165) is 44.8 Å². The van der Waals surface area contributed by atoms with Crippen LogP contribution in [0, 0.1) is 0 Å². The lowest BCUT2D eigenvalue weighted by Crippen LogP contribution is -2.47. The molecule has 0 aromatic heterocycles. The SMILES string of the molecule is CCCCCOc1ccc(C(=O)CCC(=O)N2CCN(C)CC2)cc1. The normalized spacial score (nSPS) is 15.2. The van der Waals surface area contributed by atoms with Gasteiger partial charge in [0.25, 0.3) is 0 Å². The highest BCUT2D eigenvalue weighted by molar-refractivity contribution is 5.98. The van der Waals surface area contributed by atoms with Crippen LogP contribution in [0.15, 0.2) is 24.3 Å². The van der Waals surface area contributed by atoms with Crippen molar-refractivity contribution in [3.8, 4) is 5.75 Å². The minimum absolute atomic E-state index is 0.0139. The number of unbranched alkanes of at least 4 members (excludes halogenated alkanes) is 2. The van der Waals surface area contributed by atoms with E-state index in [2.05, 4.69) is 18.9 Å². The van der Waals surface area contributed by atoms with Gasteiger partial charge in [-0.15, -0.1) is 0 Å². The van der Waals surface area contributed by atoms with E-state index in [-0.39, 0.29) is 24.5 Å². The Morgan fingerprint density at radius 1 is 1.00 bits per heavy atom. The monoisotopic (exact) mass is 346 g/mol. The van der Waals surface area contributed by atoms with Gasteiger partial charge in [0.1, 0.15) is 5.75 Å².